The van der Waals surface area contributed by atoms with Gasteiger partial charge < -0.3 is 19.7 Å². The molecule has 1 aromatic carbocycles. The predicted molar refractivity (Wildman–Crippen MR) is 126 cm³/mol. The van der Waals surface area contributed by atoms with Crippen molar-refractivity contribution in [1.29, 1.82) is 0 Å². The highest BCUT2D eigenvalue weighted by Crippen LogP contribution is 2.52. The van der Waals surface area contributed by atoms with Gasteiger partial charge in [-0.05, 0) is 50.2 Å². The second-order valence-electron chi connectivity index (χ2n) is 9.90. The zero-order valence-electron chi connectivity index (χ0n) is 19.8. The Morgan fingerprint density at radius 3 is 2.76 bits per heavy atom. The van der Waals surface area contributed by atoms with E-state index in [-0.39, 0.29) is 29.8 Å². The second kappa shape index (κ2) is 9.88. The van der Waals surface area contributed by atoms with E-state index in [1.165, 1.54) is 0 Å². The number of aromatic nitrogens is 2. The molecule has 5 rings (SSSR count). The first kappa shape index (κ1) is 23.1. The van der Waals surface area contributed by atoms with Crippen molar-refractivity contribution in [2.75, 3.05) is 20.3 Å². The lowest BCUT2D eigenvalue weighted by Crippen LogP contribution is -2.52. The van der Waals surface area contributed by atoms with Crippen LogP contribution >= 0.6 is 0 Å². The van der Waals surface area contributed by atoms with E-state index in [1.54, 1.807) is 7.11 Å². The lowest BCUT2D eigenvalue weighted by atomic mass is 9.69. The van der Waals surface area contributed by atoms with Gasteiger partial charge in [0.2, 0.25) is 11.8 Å². The number of rotatable bonds is 8. The van der Waals surface area contributed by atoms with E-state index in [9.17, 15) is 9.59 Å². The number of carbonyl (C=O) groups is 2. The number of carbonyl (C=O) groups excluding carboxylic acids is 2. The number of nitrogens with zero attached hydrogens (tertiary/aromatic N) is 2. The third-order valence-corrected chi connectivity index (χ3v) is 7.80. The fourth-order valence-corrected chi connectivity index (χ4v) is 6.22. The van der Waals surface area contributed by atoms with Gasteiger partial charge in [0.15, 0.2) is 0 Å². The van der Waals surface area contributed by atoms with Crippen molar-refractivity contribution < 1.29 is 19.1 Å². The molecule has 182 valence electrons. The lowest BCUT2D eigenvalue weighted by molar-refractivity contribution is -0.142. The van der Waals surface area contributed by atoms with Crippen LogP contribution in [-0.4, -0.2) is 59.3 Å². The van der Waals surface area contributed by atoms with Crippen molar-refractivity contribution in [2.24, 2.45) is 11.3 Å². The summed E-state index contributed by atoms with van der Waals surface area (Å²) in [5.41, 5.74) is 2.15. The van der Waals surface area contributed by atoms with E-state index in [2.05, 4.69) is 32.5 Å². The first-order chi connectivity index (χ1) is 16.6. The molecule has 3 aliphatic rings. The standard InChI is InChI=1S/C26H34N4O4/c1-33-17-21-13-20(28-29-21)16-27-25(32)26(14-18-5-3-2-4-6-18)15-22-7-8-23(26)30(22)24(31)19-9-11-34-12-10-19/h2-6,13,19,22-23H,7-12,14-17H2,1H3,(H,27,32)(H,28,29)/t22-,23+,26+/m1/s1. The highest BCUT2D eigenvalue weighted by atomic mass is 16.5. The maximum atomic E-state index is 13.9. The zero-order valence-corrected chi connectivity index (χ0v) is 19.8. The molecule has 2 N–H and O–H groups in total. The predicted octanol–water partition coefficient (Wildman–Crippen LogP) is 2.59. The Balaban J connectivity index is 1.37. The summed E-state index contributed by atoms with van der Waals surface area (Å²) in [7, 11) is 1.63. The molecule has 4 heterocycles. The number of amides is 2. The van der Waals surface area contributed by atoms with Gasteiger partial charge in [0.05, 0.1) is 30.0 Å². The molecular formula is C26H34N4O4. The Bertz CT molecular complexity index is 1000. The summed E-state index contributed by atoms with van der Waals surface area (Å²) in [5.74, 6) is 0.254. The Morgan fingerprint density at radius 2 is 2.00 bits per heavy atom. The Kier molecular flexibility index (Phi) is 6.70. The molecule has 0 radical (unpaired) electrons. The van der Waals surface area contributed by atoms with Crippen LogP contribution in [0.15, 0.2) is 36.4 Å². The molecule has 34 heavy (non-hydrogen) atoms. The van der Waals surface area contributed by atoms with Crippen LogP contribution in [0.3, 0.4) is 0 Å². The van der Waals surface area contributed by atoms with Gasteiger partial charge in [0, 0.05) is 38.3 Å². The van der Waals surface area contributed by atoms with E-state index in [0.717, 1.165) is 42.6 Å². The fraction of sp³-hybridized carbons (Fsp3) is 0.577. The largest absolute Gasteiger partial charge is 0.381 e. The highest BCUT2D eigenvalue weighted by Gasteiger charge is 2.61. The minimum atomic E-state index is -0.625. The molecule has 8 heteroatoms. The van der Waals surface area contributed by atoms with Crippen molar-refractivity contribution in [1.82, 2.24) is 20.4 Å². The van der Waals surface area contributed by atoms with Crippen LogP contribution in [0.5, 0.6) is 0 Å². The molecule has 2 amide bonds. The molecular weight excluding hydrogens is 432 g/mol. The van der Waals surface area contributed by atoms with Crippen molar-refractivity contribution in [3.05, 3.63) is 53.3 Å². The van der Waals surface area contributed by atoms with Crippen molar-refractivity contribution in [3.63, 3.8) is 0 Å². The summed E-state index contributed by atoms with van der Waals surface area (Å²) in [4.78, 5) is 29.6. The molecule has 3 fully saturated rings. The molecule has 3 atom stereocenters. The summed E-state index contributed by atoms with van der Waals surface area (Å²) in [6.07, 6.45) is 4.75. The molecule has 0 saturated carbocycles. The summed E-state index contributed by atoms with van der Waals surface area (Å²) in [6.45, 7) is 2.09. The van der Waals surface area contributed by atoms with Crippen LogP contribution in [0.25, 0.3) is 0 Å². The maximum absolute atomic E-state index is 13.9. The average Bonchev–Trinajstić information content (AvgIpc) is 3.57. The summed E-state index contributed by atoms with van der Waals surface area (Å²) < 4.78 is 10.6. The highest BCUT2D eigenvalue weighted by molar-refractivity contribution is 5.88. The SMILES string of the molecule is COCc1cc(CNC(=O)[C@@]2(Cc3ccccc3)C[C@H]3CC[C@@H]2N3C(=O)C2CCOCC2)[nH]n1. The fourth-order valence-electron chi connectivity index (χ4n) is 6.22. The van der Waals surface area contributed by atoms with Gasteiger partial charge in [-0.15, -0.1) is 0 Å². The lowest BCUT2D eigenvalue weighted by Gasteiger charge is -2.37. The minimum absolute atomic E-state index is 0.0108. The number of methoxy groups -OCH3 is 1. The summed E-state index contributed by atoms with van der Waals surface area (Å²) in [6, 6.07) is 12.2. The molecule has 2 bridgehead atoms. The van der Waals surface area contributed by atoms with E-state index in [4.69, 9.17) is 9.47 Å². The number of fused-ring (bicyclic) bond motifs is 2. The molecule has 8 nitrogen and oxygen atoms in total. The van der Waals surface area contributed by atoms with Crippen LogP contribution in [0.1, 0.15) is 49.1 Å². The third-order valence-electron chi connectivity index (χ3n) is 7.80. The molecule has 1 aromatic heterocycles. The molecule has 0 aliphatic carbocycles. The number of H-pyrrole nitrogens is 1. The molecule has 3 aliphatic heterocycles. The number of hydrogen-bond donors (Lipinski definition) is 2. The Hall–Kier alpha value is -2.71. The molecule has 2 aromatic rings. The minimum Gasteiger partial charge on any atom is -0.381 e. The van der Waals surface area contributed by atoms with Crippen molar-refractivity contribution >= 4 is 11.8 Å². The van der Waals surface area contributed by atoms with Gasteiger partial charge >= 0.3 is 0 Å². The van der Waals surface area contributed by atoms with Gasteiger partial charge in [0.1, 0.15) is 0 Å². The molecule has 0 unspecified atom stereocenters. The number of nitrogens with one attached hydrogen (secondary N) is 2. The van der Waals surface area contributed by atoms with Gasteiger partial charge in [0.25, 0.3) is 0 Å². The van der Waals surface area contributed by atoms with Crippen LogP contribution in [0, 0.1) is 11.3 Å². The van der Waals surface area contributed by atoms with E-state index in [1.807, 2.05) is 24.3 Å². The van der Waals surface area contributed by atoms with Crippen LogP contribution in [0.2, 0.25) is 0 Å². The maximum Gasteiger partial charge on any atom is 0.229 e. The zero-order chi connectivity index (χ0) is 23.5. The number of ether oxygens (including phenoxy) is 2. The van der Waals surface area contributed by atoms with Gasteiger partial charge in [-0.1, -0.05) is 30.3 Å². The quantitative estimate of drug-likeness (QED) is 0.623. The third kappa shape index (κ3) is 4.36. The summed E-state index contributed by atoms with van der Waals surface area (Å²) in [5, 5.41) is 10.4. The van der Waals surface area contributed by atoms with Gasteiger partial charge in [-0.2, -0.15) is 5.10 Å². The van der Waals surface area contributed by atoms with Crippen molar-refractivity contribution in [3.8, 4) is 0 Å². The molecule has 0 spiro atoms. The topological polar surface area (TPSA) is 96.5 Å². The van der Waals surface area contributed by atoms with Gasteiger partial charge in [-0.25, -0.2) is 0 Å². The second-order valence-corrected chi connectivity index (χ2v) is 9.90. The number of benzene rings is 1. The average molecular weight is 467 g/mol. The smallest absolute Gasteiger partial charge is 0.229 e. The van der Waals surface area contributed by atoms with Gasteiger partial charge in [-0.3, -0.25) is 14.7 Å². The summed E-state index contributed by atoms with van der Waals surface area (Å²) >= 11 is 0. The van der Waals surface area contributed by atoms with Crippen LogP contribution in [-0.2, 0) is 38.6 Å². The van der Waals surface area contributed by atoms with Crippen LogP contribution < -0.4 is 5.32 Å². The normalized spacial score (nSPS) is 26.7. The van der Waals surface area contributed by atoms with Crippen molar-refractivity contribution in [2.45, 2.75) is 63.8 Å². The first-order valence-electron chi connectivity index (χ1n) is 12.3. The Labute approximate surface area is 200 Å². The first-order valence-corrected chi connectivity index (χ1v) is 12.3. The van der Waals surface area contributed by atoms with E-state index < -0.39 is 5.41 Å². The van der Waals surface area contributed by atoms with Crippen LogP contribution in [0.4, 0.5) is 0 Å². The number of hydrogen-bond acceptors (Lipinski definition) is 5. The monoisotopic (exact) mass is 466 g/mol. The Morgan fingerprint density at radius 1 is 1.21 bits per heavy atom. The van der Waals surface area contributed by atoms with E-state index in [0.29, 0.717) is 39.2 Å². The number of aromatic amines is 1. The molecule has 3 saturated heterocycles. The van der Waals surface area contributed by atoms with E-state index >= 15 is 0 Å².